The molecule has 25 heavy (non-hydrogen) atoms. The first-order valence-corrected chi connectivity index (χ1v) is 8.26. The number of ether oxygens (including phenoxy) is 1. The zero-order valence-corrected chi connectivity index (χ0v) is 16.0. The molecule has 0 unspecified atom stereocenters. The van der Waals surface area contributed by atoms with Gasteiger partial charge in [-0.15, -0.1) is 0 Å². The fourth-order valence-corrected chi connectivity index (χ4v) is 2.96. The number of benzene rings is 1. The molecule has 0 aliphatic heterocycles. The lowest BCUT2D eigenvalue weighted by atomic mass is 9.87. The Kier molecular flexibility index (Phi) is 5.07. The molecule has 1 heterocycles. The van der Waals surface area contributed by atoms with Crippen LogP contribution in [0.2, 0.25) is 0 Å². The number of hydrogen-bond acceptors (Lipinski definition) is 3. The van der Waals surface area contributed by atoms with Gasteiger partial charge < -0.3 is 15.0 Å². The van der Waals surface area contributed by atoms with Gasteiger partial charge in [0.2, 0.25) is 0 Å². The minimum absolute atomic E-state index is 0.0491. The van der Waals surface area contributed by atoms with Gasteiger partial charge in [0, 0.05) is 11.3 Å². The number of rotatable bonds is 4. The number of aryl methyl sites for hydroxylation is 1. The molecular weight excluding hydrogens is 316 g/mol. The molecule has 0 radical (unpaired) electrons. The second-order valence-electron chi connectivity index (χ2n) is 7.30. The molecule has 1 amide bonds. The second kappa shape index (κ2) is 6.75. The molecule has 0 saturated heterocycles. The Morgan fingerprint density at radius 3 is 2.28 bits per heavy atom. The predicted molar refractivity (Wildman–Crippen MR) is 99.9 cm³/mol. The average molecular weight is 342 g/mol. The molecule has 2 aromatic rings. The van der Waals surface area contributed by atoms with Crippen LogP contribution >= 0.6 is 0 Å². The number of anilines is 1. The van der Waals surface area contributed by atoms with E-state index in [0.717, 1.165) is 5.56 Å². The van der Waals surface area contributed by atoms with E-state index in [4.69, 9.17) is 4.74 Å². The monoisotopic (exact) mass is 342 g/mol. The number of hydrogen-bond donors (Lipinski definition) is 2. The van der Waals surface area contributed by atoms with Crippen LogP contribution in [0.25, 0.3) is 0 Å². The molecule has 134 valence electrons. The minimum Gasteiger partial charge on any atom is -0.495 e. The molecular formula is C20H26N2O3. The summed E-state index contributed by atoms with van der Waals surface area (Å²) in [6.07, 6.45) is 0. The summed E-state index contributed by atoms with van der Waals surface area (Å²) in [5.74, 6) is 0.240. The van der Waals surface area contributed by atoms with Crippen LogP contribution in [0.1, 0.15) is 65.4 Å². The number of carbonyl (C=O) groups excluding carboxylic acids is 2. The van der Waals surface area contributed by atoms with Crippen LogP contribution in [0.15, 0.2) is 18.2 Å². The smallest absolute Gasteiger partial charge is 0.272 e. The van der Waals surface area contributed by atoms with E-state index in [2.05, 4.69) is 31.1 Å². The largest absolute Gasteiger partial charge is 0.495 e. The van der Waals surface area contributed by atoms with E-state index < -0.39 is 0 Å². The standard InChI is InChI=1S/C20H26N2O3/c1-11-17(13(3)23)12(2)21-18(11)19(24)22-15-10-14(20(4,5)6)8-9-16(15)25-7/h8-10,21H,1-7H3,(H,22,24). The fourth-order valence-electron chi connectivity index (χ4n) is 2.96. The summed E-state index contributed by atoms with van der Waals surface area (Å²) in [5.41, 5.74) is 3.97. The highest BCUT2D eigenvalue weighted by molar-refractivity contribution is 6.08. The first kappa shape index (κ1) is 18.8. The summed E-state index contributed by atoms with van der Waals surface area (Å²) in [6.45, 7) is 11.4. The van der Waals surface area contributed by atoms with Crippen molar-refractivity contribution in [2.24, 2.45) is 0 Å². The van der Waals surface area contributed by atoms with Crippen LogP contribution < -0.4 is 10.1 Å². The Morgan fingerprint density at radius 2 is 1.80 bits per heavy atom. The van der Waals surface area contributed by atoms with Crippen molar-refractivity contribution in [1.82, 2.24) is 4.98 Å². The maximum atomic E-state index is 12.7. The van der Waals surface area contributed by atoms with E-state index in [1.54, 1.807) is 21.0 Å². The van der Waals surface area contributed by atoms with E-state index in [0.29, 0.717) is 34.0 Å². The number of methoxy groups -OCH3 is 1. The molecule has 5 heteroatoms. The molecule has 2 N–H and O–H groups in total. The lowest BCUT2D eigenvalue weighted by Crippen LogP contribution is -2.16. The maximum absolute atomic E-state index is 12.7. The molecule has 0 spiro atoms. The molecule has 0 atom stereocenters. The molecule has 0 bridgehead atoms. The van der Waals surface area contributed by atoms with E-state index in [-0.39, 0.29) is 17.1 Å². The quantitative estimate of drug-likeness (QED) is 0.809. The van der Waals surface area contributed by atoms with Gasteiger partial charge in [-0.25, -0.2) is 0 Å². The summed E-state index contributed by atoms with van der Waals surface area (Å²) in [7, 11) is 1.57. The molecule has 0 fully saturated rings. The van der Waals surface area contributed by atoms with Crippen molar-refractivity contribution in [3.63, 3.8) is 0 Å². The molecule has 2 rings (SSSR count). The number of ketones is 1. The van der Waals surface area contributed by atoms with Gasteiger partial charge in [-0.3, -0.25) is 9.59 Å². The predicted octanol–water partition coefficient (Wildman–Crippen LogP) is 4.39. The molecule has 1 aromatic carbocycles. The van der Waals surface area contributed by atoms with Crippen LogP contribution in [-0.2, 0) is 5.41 Å². The Balaban J connectivity index is 2.41. The highest BCUT2D eigenvalue weighted by Crippen LogP contribution is 2.32. The molecule has 0 aliphatic rings. The van der Waals surface area contributed by atoms with Gasteiger partial charge in [0.15, 0.2) is 5.78 Å². The number of nitrogens with one attached hydrogen (secondary N) is 2. The van der Waals surface area contributed by atoms with E-state index >= 15 is 0 Å². The van der Waals surface area contributed by atoms with Crippen molar-refractivity contribution in [2.75, 3.05) is 12.4 Å². The van der Waals surface area contributed by atoms with E-state index in [9.17, 15) is 9.59 Å². The van der Waals surface area contributed by atoms with Gasteiger partial charge in [-0.05, 0) is 49.4 Å². The van der Waals surface area contributed by atoms with Gasteiger partial charge >= 0.3 is 0 Å². The van der Waals surface area contributed by atoms with Crippen molar-refractivity contribution in [1.29, 1.82) is 0 Å². The van der Waals surface area contributed by atoms with Crippen molar-refractivity contribution >= 4 is 17.4 Å². The SMILES string of the molecule is COc1ccc(C(C)(C)C)cc1NC(=O)c1[nH]c(C)c(C(C)=O)c1C. The van der Waals surface area contributed by atoms with Gasteiger partial charge in [0.05, 0.1) is 12.8 Å². The topological polar surface area (TPSA) is 71.2 Å². The lowest BCUT2D eigenvalue weighted by molar-refractivity contribution is 0.101. The molecule has 5 nitrogen and oxygen atoms in total. The summed E-state index contributed by atoms with van der Waals surface area (Å²) in [6, 6.07) is 5.77. The Bertz CT molecular complexity index is 826. The third kappa shape index (κ3) is 3.76. The van der Waals surface area contributed by atoms with Crippen LogP contribution in [-0.4, -0.2) is 23.8 Å². The Hall–Kier alpha value is -2.56. The lowest BCUT2D eigenvalue weighted by Gasteiger charge is -2.21. The molecule has 0 aliphatic carbocycles. The molecule has 1 aromatic heterocycles. The number of Topliss-reactive ketones (excluding diaryl/α,β-unsaturated/α-hetero) is 1. The number of aromatic nitrogens is 1. The number of carbonyl (C=O) groups is 2. The summed E-state index contributed by atoms with van der Waals surface area (Å²) in [5, 5.41) is 2.90. The Morgan fingerprint density at radius 1 is 1.16 bits per heavy atom. The van der Waals surface area contributed by atoms with Crippen molar-refractivity contribution in [3.05, 3.63) is 46.3 Å². The van der Waals surface area contributed by atoms with Gasteiger partial charge in [-0.1, -0.05) is 26.8 Å². The first-order chi connectivity index (χ1) is 11.6. The van der Waals surface area contributed by atoms with Gasteiger partial charge in [0.25, 0.3) is 5.91 Å². The van der Waals surface area contributed by atoms with Crippen LogP contribution in [0.4, 0.5) is 5.69 Å². The number of amides is 1. The van der Waals surface area contributed by atoms with Crippen molar-refractivity contribution < 1.29 is 14.3 Å². The third-order valence-electron chi connectivity index (χ3n) is 4.33. The van der Waals surface area contributed by atoms with Gasteiger partial charge in [-0.2, -0.15) is 0 Å². The van der Waals surface area contributed by atoms with Crippen molar-refractivity contribution in [3.8, 4) is 5.75 Å². The maximum Gasteiger partial charge on any atom is 0.272 e. The zero-order chi connectivity index (χ0) is 18.9. The van der Waals surface area contributed by atoms with E-state index in [1.807, 2.05) is 18.2 Å². The highest BCUT2D eigenvalue weighted by Gasteiger charge is 2.22. The second-order valence-corrected chi connectivity index (χ2v) is 7.30. The fraction of sp³-hybridized carbons (Fsp3) is 0.400. The molecule has 0 saturated carbocycles. The Labute approximate surface area is 148 Å². The average Bonchev–Trinajstić information content (AvgIpc) is 2.81. The van der Waals surface area contributed by atoms with Gasteiger partial charge in [0.1, 0.15) is 11.4 Å². The zero-order valence-electron chi connectivity index (χ0n) is 16.0. The number of aromatic amines is 1. The summed E-state index contributed by atoms with van der Waals surface area (Å²) in [4.78, 5) is 27.5. The van der Waals surface area contributed by atoms with Crippen molar-refractivity contribution in [2.45, 2.75) is 47.0 Å². The van der Waals surface area contributed by atoms with Crippen LogP contribution in [0.3, 0.4) is 0 Å². The third-order valence-corrected chi connectivity index (χ3v) is 4.33. The summed E-state index contributed by atoms with van der Waals surface area (Å²) < 4.78 is 5.37. The first-order valence-electron chi connectivity index (χ1n) is 8.26. The minimum atomic E-state index is -0.294. The van der Waals surface area contributed by atoms with E-state index in [1.165, 1.54) is 6.92 Å². The highest BCUT2D eigenvalue weighted by atomic mass is 16.5. The summed E-state index contributed by atoms with van der Waals surface area (Å²) >= 11 is 0. The number of H-pyrrole nitrogens is 1. The van der Waals surface area contributed by atoms with Crippen LogP contribution in [0.5, 0.6) is 5.75 Å². The van der Waals surface area contributed by atoms with Crippen LogP contribution in [0, 0.1) is 13.8 Å². The normalized spacial score (nSPS) is 11.3.